The van der Waals surface area contributed by atoms with Gasteiger partial charge in [-0.25, -0.2) is 0 Å². The van der Waals surface area contributed by atoms with Crippen LogP contribution in [0.15, 0.2) is 0 Å². The quantitative estimate of drug-likeness (QED) is 0.798. The summed E-state index contributed by atoms with van der Waals surface area (Å²) in [5.74, 6) is 0.679. The number of rotatable bonds is 4. The van der Waals surface area contributed by atoms with Gasteiger partial charge in [0.05, 0.1) is 6.10 Å². The van der Waals surface area contributed by atoms with Gasteiger partial charge in [0, 0.05) is 13.2 Å². The van der Waals surface area contributed by atoms with E-state index in [9.17, 15) is 4.79 Å². The molecule has 4 heteroatoms. The van der Waals surface area contributed by atoms with Gasteiger partial charge in [-0.3, -0.25) is 4.79 Å². The smallest absolute Gasteiger partial charge is 0.238 e. The molecule has 4 unspecified atom stereocenters. The number of primary amides is 1. The first kappa shape index (κ1) is 13.8. The summed E-state index contributed by atoms with van der Waals surface area (Å²) in [4.78, 5) is 12.0. The van der Waals surface area contributed by atoms with Gasteiger partial charge in [0.1, 0.15) is 5.54 Å². The highest BCUT2D eigenvalue weighted by Gasteiger charge is 2.45. The highest BCUT2D eigenvalue weighted by atomic mass is 16.5. The first-order valence-corrected chi connectivity index (χ1v) is 7.21. The molecule has 1 aliphatic heterocycles. The summed E-state index contributed by atoms with van der Waals surface area (Å²) >= 11 is 0. The van der Waals surface area contributed by atoms with E-state index in [1.54, 1.807) is 0 Å². The first-order valence-electron chi connectivity index (χ1n) is 7.21. The van der Waals surface area contributed by atoms with Gasteiger partial charge in [-0.2, -0.15) is 0 Å². The molecule has 1 saturated carbocycles. The molecule has 104 valence electrons. The van der Waals surface area contributed by atoms with Crippen molar-refractivity contribution in [2.24, 2.45) is 17.6 Å². The van der Waals surface area contributed by atoms with Crippen molar-refractivity contribution in [3.63, 3.8) is 0 Å². The van der Waals surface area contributed by atoms with Crippen LogP contribution in [0.25, 0.3) is 0 Å². The maximum atomic E-state index is 12.0. The van der Waals surface area contributed by atoms with Gasteiger partial charge in [-0.05, 0) is 37.5 Å². The van der Waals surface area contributed by atoms with Crippen LogP contribution in [0.2, 0.25) is 0 Å². The molecule has 2 rings (SSSR count). The molecule has 2 fully saturated rings. The molecule has 4 atom stereocenters. The Morgan fingerprint density at radius 1 is 1.39 bits per heavy atom. The van der Waals surface area contributed by atoms with Crippen LogP contribution in [0.3, 0.4) is 0 Å². The monoisotopic (exact) mass is 254 g/mol. The van der Waals surface area contributed by atoms with Gasteiger partial charge in [0.2, 0.25) is 5.91 Å². The number of hydrogen-bond donors (Lipinski definition) is 2. The van der Waals surface area contributed by atoms with Crippen molar-refractivity contribution in [3.05, 3.63) is 0 Å². The van der Waals surface area contributed by atoms with E-state index in [2.05, 4.69) is 19.2 Å². The van der Waals surface area contributed by atoms with Gasteiger partial charge in [0.25, 0.3) is 0 Å². The molecule has 3 N–H and O–H groups in total. The highest BCUT2D eigenvalue weighted by Crippen LogP contribution is 2.37. The number of hydrogen-bond acceptors (Lipinski definition) is 3. The van der Waals surface area contributed by atoms with Crippen LogP contribution in [0.1, 0.15) is 46.0 Å². The minimum absolute atomic E-state index is 0.195. The number of carbonyl (C=O) groups is 1. The van der Waals surface area contributed by atoms with Crippen LogP contribution in [0, 0.1) is 11.8 Å². The molecule has 1 saturated heterocycles. The zero-order valence-corrected chi connectivity index (χ0v) is 11.6. The van der Waals surface area contributed by atoms with E-state index in [1.165, 1.54) is 6.42 Å². The van der Waals surface area contributed by atoms with Crippen LogP contribution in [0.4, 0.5) is 0 Å². The van der Waals surface area contributed by atoms with Gasteiger partial charge in [0.15, 0.2) is 0 Å². The first-order chi connectivity index (χ1) is 8.54. The number of amides is 1. The summed E-state index contributed by atoms with van der Waals surface area (Å²) in [5.41, 5.74) is 5.17. The Kier molecular flexibility index (Phi) is 4.28. The van der Waals surface area contributed by atoms with Gasteiger partial charge in [-0.1, -0.05) is 20.3 Å². The van der Waals surface area contributed by atoms with E-state index >= 15 is 0 Å². The highest BCUT2D eigenvalue weighted by molar-refractivity contribution is 5.85. The Morgan fingerprint density at radius 2 is 2.17 bits per heavy atom. The fourth-order valence-corrected chi connectivity index (χ4v) is 3.41. The summed E-state index contributed by atoms with van der Waals surface area (Å²) in [6, 6.07) is 0. The van der Waals surface area contributed by atoms with Crippen molar-refractivity contribution in [1.29, 1.82) is 0 Å². The van der Waals surface area contributed by atoms with Crippen LogP contribution >= 0.6 is 0 Å². The van der Waals surface area contributed by atoms with Crippen LogP contribution in [-0.4, -0.2) is 30.7 Å². The second-order valence-electron chi connectivity index (χ2n) is 6.14. The van der Waals surface area contributed by atoms with Crippen LogP contribution in [-0.2, 0) is 9.53 Å². The normalized spacial score (nSPS) is 40.9. The summed E-state index contributed by atoms with van der Waals surface area (Å²) in [6.07, 6.45) is 5.59. The lowest BCUT2D eigenvalue weighted by molar-refractivity contribution is -0.129. The summed E-state index contributed by atoms with van der Waals surface area (Å²) in [7, 11) is 0. The van der Waals surface area contributed by atoms with E-state index in [-0.39, 0.29) is 12.0 Å². The van der Waals surface area contributed by atoms with Gasteiger partial charge in [-0.15, -0.1) is 0 Å². The molecule has 2 aliphatic rings. The fraction of sp³-hybridized carbons (Fsp3) is 0.929. The van der Waals surface area contributed by atoms with Gasteiger partial charge >= 0.3 is 0 Å². The Morgan fingerprint density at radius 3 is 2.78 bits per heavy atom. The van der Waals surface area contributed by atoms with E-state index in [4.69, 9.17) is 10.5 Å². The molecule has 1 aliphatic carbocycles. The van der Waals surface area contributed by atoms with E-state index in [0.29, 0.717) is 11.8 Å². The summed E-state index contributed by atoms with van der Waals surface area (Å²) in [5, 5.41) is 3.46. The third kappa shape index (κ3) is 2.69. The maximum Gasteiger partial charge on any atom is 0.238 e. The zero-order chi connectivity index (χ0) is 13.2. The van der Waals surface area contributed by atoms with E-state index in [1.807, 2.05) is 0 Å². The number of nitrogens with one attached hydrogen (secondary N) is 1. The largest absolute Gasteiger partial charge is 0.377 e. The molecular weight excluding hydrogens is 228 g/mol. The molecule has 0 aromatic heterocycles. The minimum Gasteiger partial charge on any atom is -0.377 e. The van der Waals surface area contributed by atoms with Crippen LogP contribution in [0.5, 0.6) is 0 Å². The van der Waals surface area contributed by atoms with Crippen molar-refractivity contribution in [2.75, 3.05) is 13.2 Å². The maximum absolute atomic E-state index is 12.0. The van der Waals surface area contributed by atoms with E-state index < -0.39 is 5.54 Å². The Bertz CT molecular complexity index is 302. The van der Waals surface area contributed by atoms with Crippen molar-refractivity contribution in [1.82, 2.24) is 5.32 Å². The second kappa shape index (κ2) is 5.57. The number of nitrogens with two attached hydrogens (primary N) is 1. The molecule has 4 nitrogen and oxygen atoms in total. The van der Waals surface area contributed by atoms with Crippen molar-refractivity contribution in [2.45, 2.75) is 57.6 Å². The predicted molar refractivity (Wildman–Crippen MR) is 71.1 cm³/mol. The SMILES string of the molecule is CC1CCC(C)C(NCC2CCCO2)(C(N)=O)C1. The zero-order valence-electron chi connectivity index (χ0n) is 11.6. The lowest BCUT2D eigenvalue weighted by Gasteiger charge is -2.43. The lowest BCUT2D eigenvalue weighted by Crippen LogP contribution is -2.63. The molecule has 0 bridgehead atoms. The molecular formula is C14H26N2O2. The average Bonchev–Trinajstić information content (AvgIpc) is 2.83. The third-order valence-corrected chi connectivity index (χ3v) is 4.71. The minimum atomic E-state index is -0.524. The Hall–Kier alpha value is -0.610. The molecule has 1 amide bonds. The lowest BCUT2D eigenvalue weighted by atomic mass is 9.69. The molecule has 1 heterocycles. The van der Waals surface area contributed by atoms with Crippen molar-refractivity contribution >= 4 is 5.91 Å². The number of carbonyl (C=O) groups excluding carboxylic acids is 1. The van der Waals surface area contributed by atoms with Crippen LogP contribution < -0.4 is 11.1 Å². The van der Waals surface area contributed by atoms with Gasteiger partial charge < -0.3 is 15.8 Å². The molecule has 18 heavy (non-hydrogen) atoms. The Balaban J connectivity index is 2.02. The second-order valence-corrected chi connectivity index (χ2v) is 6.14. The summed E-state index contributed by atoms with van der Waals surface area (Å²) in [6.45, 7) is 5.94. The molecule has 0 aromatic rings. The Labute approximate surface area is 110 Å². The molecule has 0 radical (unpaired) electrons. The standard InChI is InChI=1S/C14H26N2O2/c1-10-5-6-11(2)14(8-10,13(15)17)16-9-12-4-3-7-18-12/h10-12,16H,3-9H2,1-2H3,(H2,15,17). The molecule has 0 spiro atoms. The van der Waals surface area contributed by atoms with Crippen molar-refractivity contribution in [3.8, 4) is 0 Å². The fourth-order valence-electron chi connectivity index (χ4n) is 3.41. The average molecular weight is 254 g/mol. The summed E-state index contributed by atoms with van der Waals surface area (Å²) < 4.78 is 5.62. The number of ether oxygens (including phenoxy) is 1. The topological polar surface area (TPSA) is 64.3 Å². The third-order valence-electron chi connectivity index (χ3n) is 4.71. The van der Waals surface area contributed by atoms with Crippen molar-refractivity contribution < 1.29 is 9.53 Å². The molecule has 0 aromatic carbocycles. The predicted octanol–water partition coefficient (Wildman–Crippen LogP) is 1.44. The van der Waals surface area contributed by atoms with E-state index in [0.717, 1.165) is 38.8 Å².